The highest BCUT2D eigenvalue weighted by Gasteiger charge is 2.29. The van der Waals surface area contributed by atoms with E-state index in [-0.39, 0.29) is 17.2 Å². The summed E-state index contributed by atoms with van der Waals surface area (Å²) in [5, 5.41) is 15.2. The normalized spacial score (nSPS) is 15.7. The molecule has 2 N–H and O–H groups in total. The zero-order valence-corrected chi connectivity index (χ0v) is 11.8. The van der Waals surface area contributed by atoms with Crippen molar-refractivity contribution < 1.29 is 23.6 Å². The van der Waals surface area contributed by atoms with E-state index in [4.69, 9.17) is 9.63 Å². The van der Waals surface area contributed by atoms with Gasteiger partial charge in [0.25, 0.3) is 11.6 Å². The molecule has 0 aromatic carbocycles. The number of amides is 1. The fourth-order valence-corrected chi connectivity index (χ4v) is 2.28. The molecule has 1 aliphatic carbocycles. The van der Waals surface area contributed by atoms with Crippen LogP contribution < -0.4 is 5.32 Å². The highest BCUT2D eigenvalue weighted by molar-refractivity contribution is 6.07. The van der Waals surface area contributed by atoms with Crippen molar-refractivity contribution in [2.24, 2.45) is 0 Å². The number of carbonyl (C=O) groups is 2. The number of aryl methyl sites for hydroxylation is 1. The number of halogens is 1. The smallest absolute Gasteiger partial charge is 0.328 e. The summed E-state index contributed by atoms with van der Waals surface area (Å²) < 4.78 is 17.8. The number of hydrogen-bond acceptors (Lipinski definition) is 5. The molecule has 1 atom stereocenters. The summed E-state index contributed by atoms with van der Waals surface area (Å²) in [7, 11) is 0. The topological polar surface area (TPSA) is 105 Å². The lowest BCUT2D eigenvalue weighted by atomic mass is 10.1. The van der Waals surface area contributed by atoms with Crippen LogP contribution in [-0.2, 0) is 4.79 Å². The molecule has 1 amide bonds. The first kappa shape index (κ1) is 14.4. The van der Waals surface area contributed by atoms with E-state index in [0.29, 0.717) is 16.8 Å². The number of nitrogens with zero attached hydrogens (tertiary/aromatic N) is 2. The van der Waals surface area contributed by atoms with Crippen molar-refractivity contribution in [1.82, 2.24) is 15.5 Å². The number of carbonyl (C=O) groups excluding carboxylic acids is 1. The van der Waals surface area contributed by atoms with E-state index in [1.54, 1.807) is 13.0 Å². The maximum absolute atomic E-state index is 12.7. The summed E-state index contributed by atoms with van der Waals surface area (Å²) in [6.45, 7) is 0.471. The van der Waals surface area contributed by atoms with E-state index in [2.05, 4.69) is 15.5 Å². The molecule has 2 aromatic heterocycles. The van der Waals surface area contributed by atoms with Gasteiger partial charge < -0.3 is 14.9 Å². The third-order valence-corrected chi connectivity index (χ3v) is 3.63. The molecule has 3 rings (SSSR count). The number of carboxylic acid groups (broad SMARTS) is 1. The predicted octanol–water partition coefficient (Wildman–Crippen LogP) is 1.56. The van der Waals surface area contributed by atoms with Gasteiger partial charge in [-0.2, -0.15) is 0 Å². The molecule has 0 spiro atoms. The van der Waals surface area contributed by atoms with Gasteiger partial charge in [0.15, 0.2) is 6.04 Å². The van der Waals surface area contributed by atoms with Crippen LogP contribution in [0, 0.1) is 6.92 Å². The van der Waals surface area contributed by atoms with Crippen LogP contribution in [0.25, 0.3) is 11.1 Å². The molecule has 1 saturated carbocycles. The van der Waals surface area contributed by atoms with E-state index in [0.717, 1.165) is 12.8 Å². The highest BCUT2D eigenvalue weighted by atomic mass is 19.1. The van der Waals surface area contributed by atoms with Gasteiger partial charge in [-0.3, -0.25) is 4.79 Å². The lowest BCUT2D eigenvalue weighted by Gasteiger charge is -2.12. The molecule has 1 aliphatic rings. The van der Waals surface area contributed by atoms with Crippen molar-refractivity contribution in [3.05, 3.63) is 23.0 Å². The number of carboxylic acids is 1. The van der Waals surface area contributed by atoms with Gasteiger partial charge in [0, 0.05) is 11.6 Å². The number of rotatable bonds is 5. The standard InChI is InChI=1S/C14H14FN3O4/c1-6-11-8(12(19)16-10(5-15)14(20)21)4-9(7-2-3-7)17-13(11)22-18-6/h4,7,10H,2-3,5H2,1H3,(H,16,19)(H,20,21). The first-order valence-corrected chi connectivity index (χ1v) is 6.87. The Labute approximate surface area is 124 Å². The second-order valence-corrected chi connectivity index (χ2v) is 5.34. The monoisotopic (exact) mass is 307 g/mol. The Hall–Kier alpha value is -2.51. The van der Waals surface area contributed by atoms with Crippen molar-refractivity contribution in [2.45, 2.75) is 31.7 Å². The summed E-state index contributed by atoms with van der Waals surface area (Å²) >= 11 is 0. The van der Waals surface area contributed by atoms with Crippen LogP contribution in [0.15, 0.2) is 10.6 Å². The first-order valence-electron chi connectivity index (χ1n) is 6.87. The fraction of sp³-hybridized carbons (Fsp3) is 0.429. The molecule has 2 aromatic rings. The number of aromatic nitrogens is 2. The molecule has 0 bridgehead atoms. The van der Waals surface area contributed by atoms with Gasteiger partial charge in [-0.15, -0.1) is 0 Å². The molecule has 8 heteroatoms. The number of nitrogens with one attached hydrogen (secondary N) is 1. The largest absolute Gasteiger partial charge is 0.480 e. The molecule has 7 nitrogen and oxygen atoms in total. The molecular formula is C14H14FN3O4. The average Bonchev–Trinajstić information content (AvgIpc) is 3.28. The average molecular weight is 307 g/mol. The summed E-state index contributed by atoms with van der Waals surface area (Å²) in [4.78, 5) is 27.5. The van der Waals surface area contributed by atoms with Crippen molar-refractivity contribution in [1.29, 1.82) is 0 Å². The number of fused-ring (bicyclic) bond motifs is 1. The van der Waals surface area contributed by atoms with E-state index < -0.39 is 24.6 Å². The van der Waals surface area contributed by atoms with Crippen LogP contribution in [0.1, 0.15) is 40.5 Å². The first-order chi connectivity index (χ1) is 10.5. The zero-order valence-electron chi connectivity index (χ0n) is 11.8. The number of alkyl halides is 1. The van der Waals surface area contributed by atoms with E-state index >= 15 is 0 Å². The second kappa shape index (κ2) is 5.36. The second-order valence-electron chi connectivity index (χ2n) is 5.34. The molecule has 22 heavy (non-hydrogen) atoms. The maximum Gasteiger partial charge on any atom is 0.328 e. The molecule has 2 heterocycles. The lowest BCUT2D eigenvalue weighted by Crippen LogP contribution is -2.42. The Morgan fingerprint density at radius 2 is 2.27 bits per heavy atom. The van der Waals surface area contributed by atoms with Crippen LogP contribution in [0.5, 0.6) is 0 Å². The van der Waals surface area contributed by atoms with Crippen LogP contribution >= 0.6 is 0 Å². The van der Waals surface area contributed by atoms with Gasteiger partial charge in [-0.05, 0) is 25.8 Å². The minimum atomic E-state index is -1.58. The van der Waals surface area contributed by atoms with Gasteiger partial charge in [-0.1, -0.05) is 5.16 Å². The fourth-order valence-electron chi connectivity index (χ4n) is 2.28. The highest BCUT2D eigenvalue weighted by Crippen LogP contribution is 2.40. The Kier molecular flexibility index (Phi) is 3.51. The van der Waals surface area contributed by atoms with Gasteiger partial charge in [0.1, 0.15) is 6.67 Å². The van der Waals surface area contributed by atoms with E-state index in [1.165, 1.54) is 0 Å². The molecule has 1 fully saturated rings. The van der Waals surface area contributed by atoms with Crippen LogP contribution in [-0.4, -0.2) is 39.8 Å². The molecule has 116 valence electrons. The Balaban J connectivity index is 2.02. The Morgan fingerprint density at radius 3 is 2.86 bits per heavy atom. The molecular weight excluding hydrogens is 293 g/mol. The molecule has 0 aliphatic heterocycles. The van der Waals surface area contributed by atoms with Crippen LogP contribution in [0.2, 0.25) is 0 Å². The van der Waals surface area contributed by atoms with Crippen LogP contribution in [0.3, 0.4) is 0 Å². The third kappa shape index (κ3) is 2.51. The number of pyridine rings is 1. The summed E-state index contributed by atoms with van der Waals surface area (Å²) in [5.41, 5.74) is 1.63. The lowest BCUT2D eigenvalue weighted by molar-refractivity contribution is -0.139. The summed E-state index contributed by atoms with van der Waals surface area (Å²) in [5.74, 6) is -1.82. The van der Waals surface area contributed by atoms with Gasteiger partial charge in [0.05, 0.1) is 16.6 Å². The van der Waals surface area contributed by atoms with Crippen LogP contribution in [0.4, 0.5) is 4.39 Å². The van der Waals surface area contributed by atoms with Crippen molar-refractivity contribution in [3.8, 4) is 0 Å². The van der Waals surface area contributed by atoms with Crippen molar-refractivity contribution in [2.75, 3.05) is 6.67 Å². The van der Waals surface area contributed by atoms with E-state index in [9.17, 15) is 14.0 Å². The summed E-state index contributed by atoms with van der Waals surface area (Å²) in [6, 6.07) is 0.0247. The molecule has 0 saturated heterocycles. The quantitative estimate of drug-likeness (QED) is 0.868. The van der Waals surface area contributed by atoms with E-state index in [1.807, 2.05) is 0 Å². The van der Waals surface area contributed by atoms with Crippen molar-refractivity contribution >= 4 is 23.0 Å². The van der Waals surface area contributed by atoms with Gasteiger partial charge >= 0.3 is 5.97 Å². The maximum atomic E-state index is 12.7. The molecule has 1 unspecified atom stereocenters. The minimum absolute atomic E-state index is 0.213. The Morgan fingerprint density at radius 1 is 1.55 bits per heavy atom. The summed E-state index contributed by atoms with van der Waals surface area (Å²) in [6.07, 6.45) is 1.96. The van der Waals surface area contributed by atoms with Gasteiger partial charge in [0.2, 0.25) is 0 Å². The Bertz CT molecular complexity index is 754. The SMILES string of the molecule is Cc1noc2nc(C3CC3)cc(C(=O)NC(CF)C(=O)O)c12. The number of hydrogen-bond donors (Lipinski definition) is 2. The van der Waals surface area contributed by atoms with Gasteiger partial charge in [-0.25, -0.2) is 14.2 Å². The predicted molar refractivity (Wildman–Crippen MR) is 73.4 cm³/mol. The minimum Gasteiger partial charge on any atom is -0.480 e. The zero-order chi connectivity index (χ0) is 15.9. The third-order valence-electron chi connectivity index (χ3n) is 3.63. The molecule has 0 radical (unpaired) electrons. The number of aliphatic carboxylic acids is 1. The van der Waals surface area contributed by atoms with Crippen molar-refractivity contribution in [3.63, 3.8) is 0 Å².